The Balaban J connectivity index is 2.12. The zero-order valence-corrected chi connectivity index (χ0v) is 17.3. The number of amides is 2. The molecule has 0 aromatic carbocycles. The Hall–Kier alpha value is -2.46. The molecule has 2 rings (SSSR count). The monoisotopic (exact) mass is 412 g/mol. The van der Waals surface area contributed by atoms with Gasteiger partial charge in [-0.2, -0.15) is 0 Å². The van der Waals surface area contributed by atoms with Gasteiger partial charge in [-0.25, -0.2) is 4.79 Å². The maximum absolute atomic E-state index is 12.6. The zero-order valence-electron chi connectivity index (χ0n) is 16.5. The molecule has 0 bridgehead atoms. The van der Waals surface area contributed by atoms with Gasteiger partial charge in [0.05, 0.1) is 32.4 Å². The normalized spacial score (nSPS) is 18.9. The lowest BCUT2D eigenvalue weighted by molar-refractivity contribution is -0.909. The lowest BCUT2D eigenvalue weighted by Crippen LogP contribution is -3.20. The molecule has 154 valence electrons. The summed E-state index contributed by atoms with van der Waals surface area (Å²) in [6.45, 7) is 6.55. The zero-order chi connectivity index (χ0) is 20.8. The molecule has 9 nitrogen and oxygen atoms in total. The number of carbonyl (C=O) groups excluding carboxylic acids is 4. The molecule has 1 aliphatic rings. The molecule has 10 heteroatoms. The van der Waals surface area contributed by atoms with Gasteiger partial charge in [-0.05, 0) is 26.3 Å². The summed E-state index contributed by atoms with van der Waals surface area (Å²) in [6, 6.07) is -0.691. The van der Waals surface area contributed by atoms with Gasteiger partial charge in [-0.1, -0.05) is 0 Å². The SMILES string of the molecule is CCOC(=O)c1c(NC(=O)C[NH+]2CCNC(=O)[C@@H]2CC(=O)OC)sc(C)c1C. The van der Waals surface area contributed by atoms with E-state index in [1.54, 1.807) is 13.8 Å². The molecule has 1 aromatic heterocycles. The van der Waals surface area contributed by atoms with E-state index in [1.165, 1.54) is 18.4 Å². The van der Waals surface area contributed by atoms with Crippen LogP contribution in [-0.2, 0) is 23.9 Å². The van der Waals surface area contributed by atoms with Gasteiger partial charge in [-0.3, -0.25) is 14.4 Å². The first kappa shape index (κ1) is 21.8. The third kappa shape index (κ3) is 5.08. The van der Waals surface area contributed by atoms with Crippen LogP contribution in [0.3, 0.4) is 0 Å². The van der Waals surface area contributed by atoms with Crippen LogP contribution >= 0.6 is 11.3 Å². The number of piperazine rings is 1. The van der Waals surface area contributed by atoms with E-state index in [-0.39, 0.29) is 31.4 Å². The van der Waals surface area contributed by atoms with Crippen molar-refractivity contribution in [3.8, 4) is 0 Å². The molecule has 1 saturated heterocycles. The summed E-state index contributed by atoms with van der Waals surface area (Å²) >= 11 is 1.31. The van der Waals surface area contributed by atoms with Gasteiger partial charge < -0.3 is 25.0 Å². The van der Waals surface area contributed by atoms with Crippen LogP contribution < -0.4 is 15.5 Å². The average Bonchev–Trinajstić information content (AvgIpc) is 2.91. The molecular formula is C18H26N3O6S+. The third-order valence-corrected chi connectivity index (χ3v) is 5.78. The lowest BCUT2D eigenvalue weighted by atomic mass is 10.1. The molecule has 2 atom stereocenters. The van der Waals surface area contributed by atoms with Gasteiger partial charge in [-0.15, -0.1) is 11.3 Å². The first-order valence-electron chi connectivity index (χ1n) is 9.04. The Bertz CT molecular complexity index is 776. The quantitative estimate of drug-likeness (QED) is 0.517. The van der Waals surface area contributed by atoms with Crippen molar-refractivity contribution in [2.24, 2.45) is 0 Å². The first-order valence-corrected chi connectivity index (χ1v) is 9.86. The number of anilines is 1. The number of hydrogen-bond donors (Lipinski definition) is 3. The molecule has 1 unspecified atom stereocenters. The van der Waals surface area contributed by atoms with Crippen LogP contribution in [0.15, 0.2) is 0 Å². The molecule has 1 fully saturated rings. The van der Waals surface area contributed by atoms with E-state index in [1.807, 2.05) is 6.92 Å². The Labute approximate surface area is 167 Å². The minimum absolute atomic E-state index is 0.00661. The van der Waals surface area contributed by atoms with Crippen molar-refractivity contribution in [3.05, 3.63) is 16.0 Å². The van der Waals surface area contributed by atoms with E-state index in [4.69, 9.17) is 4.74 Å². The molecule has 2 amide bonds. The van der Waals surface area contributed by atoms with Gasteiger partial charge in [0.15, 0.2) is 12.6 Å². The summed E-state index contributed by atoms with van der Waals surface area (Å²) in [4.78, 5) is 50.2. The van der Waals surface area contributed by atoms with E-state index in [0.717, 1.165) is 10.4 Å². The maximum Gasteiger partial charge on any atom is 0.341 e. The molecule has 0 aliphatic carbocycles. The Kier molecular flexibility index (Phi) is 7.53. The van der Waals surface area contributed by atoms with Gasteiger partial charge >= 0.3 is 11.9 Å². The van der Waals surface area contributed by atoms with Crippen LogP contribution in [0.1, 0.15) is 34.1 Å². The molecule has 1 aliphatic heterocycles. The molecule has 0 radical (unpaired) electrons. The highest BCUT2D eigenvalue weighted by molar-refractivity contribution is 7.16. The number of ether oxygens (including phenoxy) is 2. The smallest absolute Gasteiger partial charge is 0.341 e. The highest BCUT2D eigenvalue weighted by Gasteiger charge is 2.37. The lowest BCUT2D eigenvalue weighted by Gasteiger charge is -2.30. The highest BCUT2D eigenvalue weighted by Crippen LogP contribution is 2.32. The molecule has 0 saturated carbocycles. The van der Waals surface area contributed by atoms with Crippen molar-refractivity contribution in [1.82, 2.24) is 5.32 Å². The predicted molar refractivity (Wildman–Crippen MR) is 103 cm³/mol. The maximum atomic E-state index is 12.6. The van der Waals surface area contributed by atoms with Crippen LogP contribution in [-0.4, -0.2) is 63.1 Å². The average molecular weight is 412 g/mol. The molecular weight excluding hydrogens is 386 g/mol. The van der Waals surface area contributed by atoms with Crippen molar-refractivity contribution in [1.29, 1.82) is 0 Å². The molecule has 3 N–H and O–H groups in total. The summed E-state index contributed by atoms with van der Waals surface area (Å²) in [7, 11) is 1.26. The number of nitrogens with one attached hydrogen (secondary N) is 3. The number of aryl methyl sites for hydroxylation is 1. The van der Waals surface area contributed by atoms with E-state index < -0.39 is 18.0 Å². The van der Waals surface area contributed by atoms with Gasteiger partial charge in [0.25, 0.3) is 11.8 Å². The summed E-state index contributed by atoms with van der Waals surface area (Å²) in [6.07, 6.45) is -0.101. The van der Waals surface area contributed by atoms with Crippen molar-refractivity contribution < 1.29 is 33.6 Å². The fraction of sp³-hybridized carbons (Fsp3) is 0.556. The third-order valence-electron chi connectivity index (χ3n) is 4.66. The van der Waals surface area contributed by atoms with Crippen LogP contribution in [0.4, 0.5) is 5.00 Å². The summed E-state index contributed by atoms with van der Waals surface area (Å²) < 4.78 is 9.74. The van der Waals surface area contributed by atoms with E-state index in [9.17, 15) is 19.2 Å². The number of carbonyl (C=O) groups is 4. The number of hydrogen-bond acceptors (Lipinski definition) is 7. The van der Waals surface area contributed by atoms with Crippen LogP contribution in [0.5, 0.6) is 0 Å². The van der Waals surface area contributed by atoms with E-state index >= 15 is 0 Å². The number of thiophene rings is 1. The predicted octanol–water partition coefficient (Wildman–Crippen LogP) is -0.573. The molecule has 2 heterocycles. The van der Waals surface area contributed by atoms with Crippen LogP contribution in [0.2, 0.25) is 0 Å². The fourth-order valence-electron chi connectivity index (χ4n) is 3.07. The van der Waals surface area contributed by atoms with Crippen molar-refractivity contribution in [3.63, 3.8) is 0 Å². The summed E-state index contributed by atoms with van der Waals surface area (Å²) in [5.41, 5.74) is 1.13. The second kappa shape index (κ2) is 9.65. The highest BCUT2D eigenvalue weighted by atomic mass is 32.1. The van der Waals surface area contributed by atoms with Crippen molar-refractivity contribution in [2.45, 2.75) is 33.2 Å². The number of esters is 2. The van der Waals surface area contributed by atoms with E-state index in [0.29, 0.717) is 28.6 Å². The topological polar surface area (TPSA) is 115 Å². The number of rotatable bonds is 7. The Morgan fingerprint density at radius 1 is 1.32 bits per heavy atom. The summed E-state index contributed by atoms with van der Waals surface area (Å²) in [5.74, 6) is -1.61. The minimum Gasteiger partial charge on any atom is -0.469 e. The fourth-order valence-corrected chi connectivity index (χ4v) is 4.13. The number of methoxy groups -OCH3 is 1. The Morgan fingerprint density at radius 3 is 2.68 bits per heavy atom. The largest absolute Gasteiger partial charge is 0.469 e. The second-order valence-corrected chi connectivity index (χ2v) is 7.69. The molecule has 28 heavy (non-hydrogen) atoms. The van der Waals surface area contributed by atoms with Crippen molar-refractivity contribution in [2.75, 3.05) is 38.7 Å². The molecule has 1 aromatic rings. The molecule has 0 spiro atoms. The number of quaternary nitrogens is 1. The van der Waals surface area contributed by atoms with Crippen molar-refractivity contribution >= 4 is 40.1 Å². The van der Waals surface area contributed by atoms with Crippen LogP contribution in [0, 0.1) is 13.8 Å². The standard InChI is InChI=1S/C18H25N3O6S/c1-5-27-18(25)15-10(2)11(3)28-17(15)20-13(22)9-21-7-6-19-16(24)12(21)8-14(23)26-4/h12H,5-9H2,1-4H3,(H,19,24)(H,20,22)/p+1/t12-/m0/s1. The second-order valence-electron chi connectivity index (χ2n) is 6.46. The Morgan fingerprint density at radius 2 is 2.04 bits per heavy atom. The van der Waals surface area contributed by atoms with E-state index in [2.05, 4.69) is 15.4 Å². The van der Waals surface area contributed by atoms with Gasteiger partial charge in [0.1, 0.15) is 11.4 Å². The van der Waals surface area contributed by atoms with Gasteiger partial charge in [0.2, 0.25) is 0 Å². The van der Waals surface area contributed by atoms with Crippen LogP contribution in [0.25, 0.3) is 0 Å². The first-order chi connectivity index (χ1) is 13.3. The van der Waals surface area contributed by atoms with Gasteiger partial charge in [0, 0.05) is 4.88 Å². The summed E-state index contributed by atoms with van der Waals surface area (Å²) in [5, 5.41) is 5.91. The minimum atomic E-state index is -0.691.